The van der Waals surface area contributed by atoms with Gasteiger partial charge in [-0.05, 0) is 62.8 Å². The van der Waals surface area contributed by atoms with Crippen LogP contribution >= 0.6 is 0 Å². The summed E-state index contributed by atoms with van der Waals surface area (Å²) in [5.41, 5.74) is 0.0929. The predicted molar refractivity (Wildman–Crippen MR) is 122 cm³/mol. The van der Waals surface area contributed by atoms with Crippen LogP contribution in [0.2, 0.25) is 0 Å². The fraction of sp³-hybridized carbons (Fsp3) is 0.577. The number of nitrogens with one attached hydrogen (secondary N) is 1. The minimum absolute atomic E-state index is 0.162. The topological polar surface area (TPSA) is 54.3 Å². The molecule has 0 spiro atoms. The molecular weight excluding hydrogens is 448 g/mol. The number of amides is 1. The summed E-state index contributed by atoms with van der Waals surface area (Å²) in [6.45, 7) is 2.28. The standard InChI is InChI=1S/C26H32F4N2O2/c1-16-19(25(34)31-22-9-5-6-10-24(22)33)14-23(32(16)15-17-7-3-2-4-8-17)20-13-18(26(28,29)30)11-12-21(20)27/h11-14,17,22,24,33H,2-10,15H2,1H3,(H,31,34). The van der Waals surface area contributed by atoms with Crippen LogP contribution in [-0.4, -0.2) is 27.7 Å². The van der Waals surface area contributed by atoms with E-state index in [0.717, 1.165) is 63.1 Å². The number of aliphatic hydroxyl groups is 1. The second kappa shape index (κ2) is 10.1. The minimum Gasteiger partial charge on any atom is -0.391 e. The molecule has 2 N–H and O–H groups in total. The van der Waals surface area contributed by atoms with Gasteiger partial charge in [-0.3, -0.25) is 4.79 Å². The molecule has 2 aromatic rings. The summed E-state index contributed by atoms with van der Waals surface area (Å²) in [6, 6.07) is 3.54. The third-order valence-electron chi connectivity index (χ3n) is 7.39. The summed E-state index contributed by atoms with van der Waals surface area (Å²) in [5.74, 6) is -0.826. The van der Waals surface area contributed by atoms with E-state index in [1.54, 1.807) is 11.5 Å². The Labute approximate surface area is 197 Å². The Kier molecular flexibility index (Phi) is 7.36. The molecule has 8 heteroatoms. The molecule has 1 heterocycles. The van der Waals surface area contributed by atoms with Gasteiger partial charge in [0.05, 0.1) is 29.0 Å². The predicted octanol–water partition coefficient (Wildman–Crippen LogP) is 6.24. The van der Waals surface area contributed by atoms with Crippen molar-refractivity contribution in [3.8, 4) is 11.3 Å². The third-order valence-corrected chi connectivity index (χ3v) is 7.39. The Morgan fingerprint density at radius 3 is 2.41 bits per heavy atom. The molecule has 1 aromatic carbocycles. The van der Waals surface area contributed by atoms with E-state index >= 15 is 0 Å². The first-order chi connectivity index (χ1) is 16.1. The molecule has 0 radical (unpaired) electrons. The highest BCUT2D eigenvalue weighted by Gasteiger charge is 2.33. The maximum absolute atomic E-state index is 14.9. The van der Waals surface area contributed by atoms with Crippen molar-refractivity contribution in [3.05, 3.63) is 46.9 Å². The molecule has 2 fully saturated rings. The number of rotatable bonds is 5. The summed E-state index contributed by atoms with van der Waals surface area (Å²) in [4.78, 5) is 13.2. The molecule has 2 aliphatic rings. The van der Waals surface area contributed by atoms with Crippen LogP contribution in [0.5, 0.6) is 0 Å². The average molecular weight is 481 g/mol. The number of hydrogen-bond donors (Lipinski definition) is 2. The van der Waals surface area contributed by atoms with E-state index in [-0.39, 0.29) is 23.2 Å². The van der Waals surface area contributed by atoms with Crippen molar-refractivity contribution in [2.24, 2.45) is 5.92 Å². The van der Waals surface area contributed by atoms with Gasteiger partial charge < -0.3 is 15.0 Å². The Bertz CT molecular complexity index is 1020. The van der Waals surface area contributed by atoms with Crippen molar-refractivity contribution >= 4 is 5.91 Å². The summed E-state index contributed by atoms with van der Waals surface area (Å²) in [6.07, 6.45) is 3.21. The second-order valence-corrected chi connectivity index (χ2v) is 9.77. The van der Waals surface area contributed by atoms with Crippen molar-refractivity contribution in [2.45, 2.75) is 89.6 Å². The molecule has 0 saturated heterocycles. The summed E-state index contributed by atoms with van der Waals surface area (Å²) >= 11 is 0. The summed E-state index contributed by atoms with van der Waals surface area (Å²) in [7, 11) is 0. The first kappa shape index (κ1) is 24.8. The molecule has 2 aliphatic carbocycles. The number of benzene rings is 1. The molecule has 2 unspecified atom stereocenters. The van der Waals surface area contributed by atoms with E-state index in [4.69, 9.17) is 0 Å². The van der Waals surface area contributed by atoms with Crippen LogP contribution in [-0.2, 0) is 12.7 Å². The largest absolute Gasteiger partial charge is 0.416 e. The van der Waals surface area contributed by atoms with Crippen molar-refractivity contribution in [1.29, 1.82) is 0 Å². The maximum atomic E-state index is 14.9. The van der Waals surface area contributed by atoms with Crippen LogP contribution in [0.25, 0.3) is 11.3 Å². The Hall–Kier alpha value is -2.35. The molecule has 0 aliphatic heterocycles. The average Bonchev–Trinajstić information content (AvgIpc) is 3.11. The van der Waals surface area contributed by atoms with Crippen LogP contribution in [0.1, 0.15) is 79.4 Å². The quantitative estimate of drug-likeness (QED) is 0.498. The van der Waals surface area contributed by atoms with Crippen LogP contribution in [0.4, 0.5) is 17.6 Å². The van der Waals surface area contributed by atoms with Gasteiger partial charge in [0, 0.05) is 17.8 Å². The highest BCUT2D eigenvalue weighted by molar-refractivity contribution is 5.97. The molecule has 186 valence electrons. The van der Waals surface area contributed by atoms with Gasteiger partial charge in [0.1, 0.15) is 5.82 Å². The van der Waals surface area contributed by atoms with Gasteiger partial charge in [-0.15, -0.1) is 0 Å². The lowest BCUT2D eigenvalue weighted by Crippen LogP contribution is -2.45. The maximum Gasteiger partial charge on any atom is 0.416 e. The Balaban J connectivity index is 1.73. The number of hydrogen-bond acceptors (Lipinski definition) is 2. The van der Waals surface area contributed by atoms with Gasteiger partial charge in [0.25, 0.3) is 5.91 Å². The van der Waals surface area contributed by atoms with Crippen molar-refractivity contribution in [2.75, 3.05) is 0 Å². The van der Waals surface area contributed by atoms with Crippen LogP contribution < -0.4 is 5.32 Å². The zero-order valence-corrected chi connectivity index (χ0v) is 19.4. The lowest BCUT2D eigenvalue weighted by atomic mass is 9.89. The number of halogens is 4. The molecule has 34 heavy (non-hydrogen) atoms. The normalized spacial score (nSPS) is 22.1. The van der Waals surface area contributed by atoms with Crippen molar-refractivity contribution in [3.63, 3.8) is 0 Å². The number of carbonyl (C=O) groups excluding carboxylic acids is 1. The molecule has 2 saturated carbocycles. The second-order valence-electron chi connectivity index (χ2n) is 9.77. The van der Waals surface area contributed by atoms with E-state index < -0.39 is 23.7 Å². The van der Waals surface area contributed by atoms with Crippen molar-refractivity contribution < 1.29 is 27.5 Å². The summed E-state index contributed by atoms with van der Waals surface area (Å²) in [5, 5.41) is 13.2. The first-order valence-corrected chi connectivity index (χ1v) is 12.2. The fourth-order valence-electron chi connectivity index (χ4n) is 5.39. The minimum atomic E-state index is -4.60. The van der Waals surface area contributed by atoms with Crippen LogP contribution in [0, 0.1) is 18.7 Å². The number of nitrogens with zero attached hydrogens (tertiary/aromatic N) is 1. The summed E-state index contributed by atoms with van der Waals surface area (Å²) < 4.78 is 56.8. The van der Waals surface area contributed by atoms with Crippen molar-refractivity contribution in [1.82, 2.24) is 9.88 Å². The fourth-order valence-corrected chi connectivity index (χ4v) is 5.39. The van der Waals surface area contributed by atoms with Gasteiger partial charge >= 0.3 is 6.18 Å². The lowest BCUT2D eigenvalue weighted by Gasteiger charge is -2.28. The number of carbonyl (C=O) groups is 1. The number of alkyl halides is 3. The Morgan fingerprint density at radius 1 is 1.06 bits per heavy atom. The van der Waals surface area contributed by atoms with E-state index in [0.29, 0.717) is 36.6 Å². The zero-order chi connectivity index (χ0) is 24.5. The van der Waals surface area contributed by atoms with Gasteiger partial charge in [-0.1, -0.05) is 32.1 Å². The van der Waals surface area contributed by atoms with Crippen LogP contribution in [0.15, 0.2) is 24.3 Å². The van der Waals surface area contributed by atoms with E-state index in [9.17, 15) is 27.5 Å². The third kappa shape index (κ3) is 5.32. The van der Waals surface area contributed by atoms with Gasteiger partial charge in [0.15, 0.2) is 0 Å². The number of aromatic nitrogens is 1. The smallest absolute Gasteiger partial charge is 0.391 e. The highest BCUT2D eigenvalue weighted by atomic mass is 19.4. The molecule has 4 rings (SSSR count). The van der Waals surface area contributed by atoms with Gasteiger partial charge in [-0.25, -0.2) is 4.39 Å². The lowest BCUT2D eigenvalue weighted by molar-refractivity contribution is -0.137. The SMILES string of the molecule is Cc1c(C(=O)NC2CCCCC2O)cc(-c2cc(C(F)(F)F)ccc2F)n1CC1CCCCC1. The Morgan fingerprint density at radius 2 is 1.74 bits per heavy atom. The van der Waals surface area contributed by atoms with Crippen LogP contribution in [0.3, 0.4) is 0 Å². The molecular formula is C26H32F4N2O2. The van der Waals surface area contributed by atoms with Gasteiger partial charge in [0.2, 0.25) is 0 Å². The zero-order valence-electron chi connectivity index (χ0n) is 19.4. The number of aliphatic hydroxyl groups excluding tert-OH is 1. The molecule has 1 amide bonds. The molecule has 2 atom stereocenters. The highest BCUT2D eigenvalue weighted by Crippen LogP contribution is 2.36. The monoisotopic (exact) mass is 480 g/mol. The van der Waals surface area contributed by atoms with E-state index in [1.165, 1.54) is 6.07 Å². The first-order valence-electron chi connectivity index (χ1n) is 12.2. The molecule has 4 nitrogen and oxygen atoms in total. The molecule has 0 bridgehead atoms. The van der Waals surface area contributed by atoms with E-state index in [2.05, 4.69) is 5.32 Å². The molecule has 1 aromatic heterocycles. The van der Waals surface area contributed by atoms with E-state index in [1.807, 2.05) is 0 Å². The van der Waals surface area contributed by atoms with Gasteiger partial charge in [-0.2, -0.15) is 13.2 Å².